The fourth-order valence-corrected chi connectivity index (χ4v) is 3.50. The maximum absolute atomic E-state index is 12.2. The highest BCUT2D eigenvalue weighted by molar-refractivity contribution is 6.39. The average Bonchev–Trinajstić information content (AvgIpc) is 3.08. The van der Waals surface area contributed by atoms with Gasteiger partial charge in [-0.2, -0.15) is 5.10 Å². The standard InChI is InChI=1S/C24H25ClN4O4/c1-14-6-7-18(11-20(14)25)29-15(2)10-17(16(29)3)13-26-28-24(31)23(30)27-21-9-8-19(32-4)12-22(21)33-5/h6-13H,1-5H3,(H,27,30)(H,28,31)/b26-13-. The van der Waals surface area contributed by atoms with Crippen LogP contribution in [0.3, 0.4) is 0 Å². The summed E-state index contributed by atoms with van der Waals surface area (Å²) in [5.74, 6) is -0.870. The van der Waals surface area contributed by atoms with Gasteiger partial charge >= 0.3 is 11.8 Å². The number of amides is 2. The van der Waals surface area contributed by atoms with E-state index in [-0.39, 0.29) is 0 Å². The Morgan fingerprint density at radius 1 is 1.00 bits per heavy atom. The third-order valence-electron chi connectivity index (χ3n) is 5.12. The van der Waals surface area contributed by atoms with Crippen molar-refractivity contribution in [3.63, 3.8) is 0 Å². The van der Waals surface area contributed by atoms with Gasteiger partial charge in [-0.15, -0.1) is 0 Å². The molecule has 0 bridgehead atoms. The van der Waals surface area contributed by atoms with Crippen molar-refractivity contribution in [3.8, 4) is 17.2 Å². The highest BCUT2D eigenvalue weighted by atomic mass is 35.5. The van der Waals surface area contributed by atoms with Gasteiger partial charge in [0.05, 0.1) is 26.1 Å². The summed E-state index contributed by atoms with van der Waals surface area (Å²) in [6.45, 7) is 5.85. The molecule has 33 heavy (non-hydrogen) atoms. The highest BCUT2D eigenvalue weighted by Gasteiger charge is 2.16. The van der Waals surface area contributed by atoms with Crippen LogP contribution in [-0.2, 0) is 9.59 Å². The van der Waals surface area contributed by atoms with E-state index in [1.165, 1.54) is 20.4 Å². The Morgan fingerprint density at radius 3 is 2.42 bits per heavy atom. The van der Waals surface area contributed by atoms with Gasteiger partial charge in [0.1, 0.15) is 11.5 Å². The van der Waals surface area contributed by atoms with Crippen LogP contribution >= 0.6 is 11.6 Å². The van der Waals surface area contributed by atoms with Crippen LogP contribution in [0.1, 0.15) is 22.5 Å². The van der Waals surface area contributed by atoms with Crippen molar-refractivity contribution < 1.29 is 19.1 Å². The number of halogens is 1. The average molecular weight is 469 g/mol. The van der Waals surface area contributed by atoms with Crippen molar-refractivity contribution in [2.75, 3.05) is 19.5 Å². The Labute approximate surface area is 197 Å². The Hall–Kier alpha value is -3.78. The second kappa shape index (κ2) is 10.2. The van der Waals surface area contributed by atoms with E-state index in [0.717, 1.165) is 28.2 Å². The normalized spacial score (nSPS) is 10.8. The van der Waals surface area contributed by atoms with Crippen molar-refractivity contribution in [2.24, 2.45) is 5.10 Å². The van der Waals surface area contributed by atoms with Crippen LogP contribution in [-0.4, -0.2) is 36.8 Å². The summed E-state index contributed by atoms with van der Waals surface area (Å²) in [7, 11) is 2.97. The largest absolute Gasteiger partial charge is 0.497 e. The number of aryl methyl sites for hydroxylation is 2. The number of carbonyl (C=O) groups is 2. The summed E-state index contributed by atoms with van der Waals surface area (Å²) in [6, 6.07) is 12.6. The summed E-state index contributed by atoms with van der Waals surface area (Å²) in [4.78, 5) is 24.4. The van der Waals surface area contributed by atoms with Gasteiger partial charge in [-0.3, -0.25) is 9.59 Å². The summed E-state index contributed by atoms with van der Waals surface area (Å²) in [5.41, 5.74) is 7.19. The van der Waals surface area contributed by atoms with E-state index in [1.807, 2.05) is 49.6 Å². The number of ether oxygens (including phenoxy) is 2. The van der Waals surface area contributed by atoms with Gasteiger partial charge in [-0.05, 0) is 56.7 Å². The molecule has 2 amide bonds. The van der Waals surface area contributed by atoms with Crippen LogP contribution < -0.4 is 20.2 Å². The zero-order valence-electron chi connectivity index (χ0n) is 19.0. The molecule has 9 heteroatoms. The first-order valence-corrected chi connectivity index (χ1v) is 10.4. The smallest absolute Gasteiger partial charge is 0.329 e. The lowest BCUT2D eigenvalue weighted by Crippen LogP contribution is -2.32. The number of hydrogen-bond donors (Lipinski definition) is 2. The molecule has 0 aliphatic carbocycles. The zero-order chi connectivity index (χ0) is 24.1. The quantitative estimate of drug-likeness (QED) is 0.322. The van der Waals surface area contributed by atoms with Gasteiger partial charge in [0.2, 0.25) is 0 Å². The van der Waals surface area contributed by atoms with Crippen LogP contribution in [0.25, 0.3) is 5.69 Å². The minimum absolute atomic E-state index is 0.336. The molecule has 3 rings (SSSR count). The molecular weight excluding hydrogens is 444 g/mol. The van der Waals surface area contributed by atoms with E-state index >= 15 is 0 Å². The Kier molecular flexibility index (Phi) is 7.40. The van der Waals surface area contributed by atoms with Gasteiger partial charge in [-0.25, -0.2) is 5.43 Å². The zero-order valence-corrected chi connectivity index (χ0v) is 19.8. The fourth-order valence-electron chi connectivity index (χ4n) is 3.33. The molecule has 0 fully saturated rings. The molecule has 0 aliphatic heterocycles. The van der Waals surface area contributed by atoms with Gasteiger partial charge < -0.3 is 19.4 Å². The van der Waals surface area contributed by atoms with Gasteiger partial charge in [0.15, 0.2) is 0 Å². The topological polar surface area (TPSA) is 94.0 Å². The number of nitrogens with zero attached hydrogens (tertiary/aromatic N) is 2. The van der Waals surface area contributed by atoms with Crippen molar-refractivity contribution in [3.05, 3.63) is 70.0 Å². The number of anilines is 1. The molecule has 2 N–H and O–H groups in total. The van der Waals surface area contributed by atoms with Crippen molar-refractivity contribution in [1.29, 1.82) is 0 Å². The Bertz CT molecular complexity index is 1230. The molecule has 3 aromatic rings. The SMILES string of the molecule is COc1ccc(NC(=O)C(=O)N/N=C\c2cc(C)n(-c3ccc(C)c(Cl)c3)c2C)c(OC)c1. The van der Waals surface area contributed by atoms with Crippen LogP contribution in [0.4, 0.5) is 5.69 Å². The number of carbonyl (C=O) groups excluding carboxylic acids is 2. The number of aromatic nitrogens is 1. The molecule has 0 aliphatic rings. The molecule has 1 aromatic heterocycles. The van der Waals surface area contributed by atoms with E-state index in [9.17, 15) is 9.59 Å². The van der Waals surface area contributed by atoms with Crippen LogP contribution in [0.15, 0.2) is 47.6 Å². The number of hydrogen-bond acceptors (Lipinski definition) is 5. The Balaban J connectivity index is 1.69. The molecule has 0 spiro atoms. The number of rotatable bonds is 6. The summed E-state index contributed by atoms with van der Waals surface area (Å²) < 4.78 is 12.4. The maximum atomic E-state index is 12.2. The van der Waals surface area contributed by atoms with E-state index in [1.54, 1.807) is 18.2 Å². The first kappa shape index (κ1) is 23.9. The number of methoxy groups -OCH3 is 2. The molecule has 172 valence electrons. The van der Waals surface area contributed by atoms with E-state index < -0.39 is 11.8 Å². The molecule has 0 saturated heterocycles. The molecule has 0 saturated carbocycles. The molecular formula is C24H25ClN4O4. The number of nitrogens with one attached hydrogen (secondary N) is 2. The second-order valence-corrected chi connectivity index (χ2v) is 7.72. The minimum Gasteiger partial charge on any atom is -0.497 e. The summed E-state index contributed by atoms with van der Waals surface area (Å²) in [5, 5.41) is 7.12. The summed E-state index contributed by atoms with van der Waals surface area (Å²) >= 11 is 6.28. The van der Waals surface area contributed by atoms with Gasteiger partial charge in [0, 0.05) is 33.7 Å². The maximum Gasteiger partial charge on any atom is 0.329 e. The van der Waals surface area contributed by atoms with Crippen LogP contribution in [0, 0.1) is 20.8 Å². The lowest BCUT2D eigenvalue weighted by atomic mass is 10.2. The van der Waals surface area contributed by atoms with E-state index in [4.69, 9.17) is 21.1 Å². The lowest BCUT2D eigenvalue weighted by molar-refractivity contribution is -0.136. The van der Waals surface area contributed by atoms with Crippen LogP contribution in [0.2, 0.25) is 5.02 Å². The number of hydrazone groups is 1. The van der Waals surface area contributed by atoms with Gasteiger partial charge in [-0.1, -0.05) is 17.7 Å². The van der Waals surface area contributed by atoms with Crippen molar-refractivity contribution >= 4 is 35.3 Å². The molecule has 0 radical (unpaired) electrons. The fraction of sp³-hybridized carbons (Fsp3) is 0.208. The second-order valence-electron chi connectivity index (χ2n) is 7.31. The first-order chi connectivity index (χ1) is 15.7. The van der Waals surface area contributed by atoms with E-state index in [2.05, 4.69) is 15.8 Å². The summed E-state index contributed by atoms with van der Waals surface area (Å²) in [6.07, 6.45) is 1.49. The molecule has 1 heterocycles. The molecule has 8 nitrogen and oxygen atoms in total. The third-order valence-corrected chi connectivity index (χ3v) is 5.52. The minimum atomic E-state index is -0.914. The predicted octanol–water partition coefficient (Wildman–Crippen LogP) is 4.16. The highest BCUT2D eigenvalue weighted by Crippen LogP contribution is 2.29. The van der Waals surface area contributed by atoms with Crippen molar-refractivity contribution in [2.45, 2.75) is 20.8 Å². The molecule has 0 unspecified atom stereocenters. The number of benzene rings is 2. The third kappa shape index (κ3) is 5.35. The first-order valence-electron chi connectivity index (χ1n) is 10.1. The van der Waals surface area contributed by atoms with E-state index in [0.29, 0.717) is 22.2 Å². The lowest BCUT2D eigenvalue weighted by Gasteiger charge is -2.11. The van der Waals surface area contributed by atoms with Crippen LogP contribution in [0.5, 0.6) is 11.5 Å². The van der Waals surface area contributed by atoms with Gasteiger partial charge in [0.25, 0.3) is 0 Å². The monoisotopic (exact) mass is 468 g/mol. The molecule has 0 atom stereocenters. The van der Waals surface area contributed by atoms with Crippen molar-refractivity contribution in [1.82, 2.24) is 9.99 Å². The predicted molar refractivity (Wildman–Crippen MR) is 129 cm³/mol. The molecule has 2 aromatic carbocycles. The Morgan fingerprint density at radius 2 is 1.76 bits per heavy atom.